The molecule has 23 heavy (non-hydrogen) atoms. The molecular formula is C16H17F2N3O2. The first-order chi connectivity index (χ1) is 11.1. The van der Waals surface area contributed by atoms with E-state index in [0.717, 1.165) is 31.2 Å². The van der Waals surface area contributed by atoms with E-state index in [4.69, 9.17) is 10.3 Å². The molecule has 2 aliphatic carbocycles. The van der Waals surface area contributed by atoms with E-state index in [1.807, 2.05) is 6.07 Å². The van der Waals surface area contributed by atoms with Gasteiger partial charge in [0.05, 0.1) is 5.54 Å². The minimum atomic E-state index is -2.83. The van der Waals surface area contributed by atoms with Gasteiger partial charge in [0.1, 0.15) is 5.75 Å². The average Bonchev–Trinajstić information content (AvgIpc) is 3.13. The maximum absolute atomic E-state index is 12.5. The Morgan fingerprint density at radius 2 is 2.04 bits per heavy atom. The largest absolute Gasteiger partial charge is 0.435 e. The number of halogens is 2. The Morgan fingerprint density at radius 1 is 1.26 bits per heavy atom. The van der Waals surface area contributed by atoms with Crippen LogP contribution in [-0.2, 0) is 5.54 Å². The van der Waals surface area contributed by atoms with E-state index in [0.29, 0.717) is 11.7 Å². The zero-order valence-corrected chi connectivity index (χ0v) is 12.4. The Bertz CT molecular complexity index is 715. The summed E-state index contributed by atoms with van der Waals surface area (Å²) in [6, 6.07) is 6.85. The topological polar surface area (TPSA) is 74.2 Å². The first-order valence-corrected chi connectivity index (χ1v) is 7.73. The Kier molecular flexibility index (Phi) is 3.33. The molecule has 0 saturated heterocycles. The normalized spacial score (nSPS) is 25.2. The number of rotatable bonds is 5. The first-order valence-electron chi connectivity index (χ1n) is 7.73. The van der Waals surface area contributed by atoms with Crippen LogP contribution >= 0.6 is 0 Å². The highest BCUT2D eigenvalue weighted by atomic mass is 19.3. The van der Waals surface area contributed by atoms with Gasteiger partial charge in [0, 0.05) is 5.92 Å². The third kappa shape index (κ3) is 2.59. The van der Waals surface area contributed by atoms with E-state index >= 15 is 0 Å². The number of nitrogens with zero attached hydrogens (tertiary/aromatic N) is 2. The fourth-order valence-corrected chi connectivity index (χ4v) is 3.17. The lowest BCUT2D eigenvalue weighted by Gasteiger charge is -2.34. The summed E-state index contributed by atoms with van der Waals surface area (Å²) in [5.41, 5.74) is 6.49. The molecule has 122 valence electrons. The Labute approximate surface area is 131 Å². The van der Waals surface area contributed by atoms with Gasteiger partial charge in [-0.3, -0.25) is 0 Å². The number of ether oxygens (including phenoxy) is 1. The molecule has 2 atom stereocenters. The Balaban J connectivity index is 1.52. The van der Waals surface area contributed by atoms with Gasteiger partial charge < -0.3 is 15.0 Å². The van der Waals surface area contributed by atoms with Crippen LogP contribution in [-0.4, -0.2) is 16.8 Å². The van der Waals surface area contributed by atoms with Crippen LogP contribution in [0.5, 0.6) is 5.75 Å². The predicted molar refractivity (Wildman–Crippen MR) is 77.2 cm³/mol. The molecule has 0 spiro atoms. The minimum absolute atomic E-state index is 0.0438. The summed E-state index contributed by atoms with van der Waals surface area (Å²) in [4.78, 5) is 4.44. The number of benzene rings is 1. The van der Waals surface area contributed by atoms with Gasteiger partial charge in [-0.2, -0.15) is 13.8 Å². The molecule has 0 bridgehead atoms. The lowest BCUT2D eigenvalue weighted by molar-refractivity contribution is -0.0504. The summed E-state index contributed by atoms with van der Waals surface area (Å²) in [7, 11) is 0. The second-order valence-corrected chi connectivity index (χ2v) is 6.33. The molecule has 1 aromatic heterocycles. The second-order valence-electron chi connectivity index (χ2n) is 6.33. The third-order valence-corrected chi connectivity index (χ3v) is 4.78. The van der Waals surface area contributed by atoms with Crippen molar-refractivity contribution in [3.05, 3.63) is 41.5 Å². The van der Waals surface area contributed by atoms with Crippen LogP contribution in [0.2, 0.25) is 0 Å². The maximum Gasteiger partial charge on any atom is 0.387 e. The summed E-state index contributed by atoms with van der Waals surface area (Å²) in [6.07, 6.45) is 3.59. The monoisotopic (exact) mass is 321 g/mol. The quantitative estimate of drug-likeness (QED) is 0.915. The van der Waals surface area contributed by atoms with Gasteiger partial charge in [-0.25, -0.2) is 0 Å². The van der Waals surface area contributed by atoms with E-state index < -0.39 is 12.2 Å². The summed E-state index contributed by atoms with van der Waals surface area (Å²) < 4.78 is 35.0. The highest BCUT2D eigenvalue weighted by molar-refractivity contribution is 5.42. The van der Waals surface area contributed by atoms with Gasteiger partial charge >= 0.3 is 6.61 Å². The molecule has 0 amide bonds. The molecule has 0 radical (unpaired) electrons. The van der Waals surface area contributed by atoms with E-state index in [2.05, 4.69) is 14.9 Å². The van der Waals surface area contributed by atoms with Gasteiger partial charge in [-0.15, -0.1) is 0 Å². The van der Waals surface area contributed by atoms with E-state index in [1.54, 1.807) is 18.2 Å². The van der Waals surface area contributed by atoms with Crippen molar-refractivity contribution in [2.75, 3.05) is 0 Å². The standard InChI is InChI=1S/C16H17F2N3O2/c17-15(18)22-12-5-2-1-4-9(12)10-8-11(10)13-20-14(21-23-13)16(19)6-3-7-16/h1-2,4-5,10-11,15H,3,6-8,19H2. The van der Waals surface area contributed by atoms with Gasteiger partial charge in [0.2, 0.25) is 5.89 Å². The van der Waals surface area contributed by atoms with Crippen molar-refractivity contribution in [3.63, 3.8) is 0 Å². The van der Waals surface area contributed by atoms with Crippen molar-refractivity contribution in [1.29, 1.82) is 0 Å². The third-order valence-electron chi connectivity index (χ3n) is 4.78. The van der Waals surface area contributed by atoms with E-state index in [-0.39, 0.29) is 17.6 Å². The van der Waals surface area contributed by atoms with Crippen LogP contribution in [0.3, 0.4) is 0 Å². The SMILES string of the molecule is NC1(c2noc(C3CC3c3ccccc3OC(F)F)n2)CCC1. The average molecular weight is 321 g/mol. The lowest BCUT2D eigenvalue weighted by atomic mass is 9.77. The molecule has 1 aromatic carbocycles. The molecule has 4 rings (SSSR count). The molecule has 2 N–H and O–H groups in total. The van der Waals surface area contributed by atoms with Crippen LogP contribution < -0.4 is 10.5 Å². The number of aromatic nitrogens is 2. The molecule has 7 heteroatoms. The van der Waals surface area contributed by atoms with Crippen molar-refractivity contribution in [1.82, 2.24) is 10.1 Å². The maximum atomic E-state index is 12.5. The molecule has 2 fully saturated rings. The predicted octanol–water partition coefficient (Wildman–Crippen LogP) is 3.28. The number of hydrogen-bond donors (Lipinski definition) is 1. The van der Waals surface area contributed by atoms with Crippen LogP contribution in [0.25, 0.3) is 0 Å². The van der Waals surface area contributed by atoms with Crippen molar-refractivity contribution >= 4 is 0 Å². The molecule has 0 aliphatic heterocycles. The first kappa shape index (κ1) is 14.6. The summed E-state index contributed by atoms with van der Waals surface area (Å²) in [5, 5.41) is 4.01. The van der Waals surface area contributed by atoms with Crippen molar-refractivity contribution in [3.8, 4) is 5.75 Å². The highest BCUT2D eigenvalue weighted by Gasteiger charge is 2.47. The van der Waals surface area contributed by atoms with Crippen LogP contribution in [0, 0.1) is 0 Å². The number of hydrogen-bond acceptors (Lipinski definition) is 5. The van der Waals surface area contributed by atoms with Crippen molar-refractivity contribution in [2.24, 2.45) is 5.73 Å². The second kappa shape index (κ2) is 5.26. The highest BCUT2D eigenvalue weighted by Crippen LogP contribution is 2.56. The molecule has 2 saturated carbocycles. The van der Waals surface area contributed by atoms with Crippen LogP contribution in [0.4, 0.5) is 8.78 Å². The van der Waals surface area contributed by atoms with Gasteiger partial charge in [-0.1, -0.05) is 23.4 Å². The number of nitrogens with two attached hydrogens (primary N) is 1. The lowest BCUT2D eigenvalue weighted by Crippen LogP contribution is -2.44. The smallest absolute Gasteiger partial charge is 0.387 e. The Hall–Kier alpha value is -2.02. The molecule has 5 nitrogen and oxygen atoms in total. The minimum Gasteiger partial charge on any atom is -0.435 e. The van der Waals surface area contributed by atoms with Crippen molar-refractivity contribution < 1.29 is 18.0 Å². The molecular weight excluding hydrogens is 304 g/mol. The zero-order valence-electron chi connectivity index (χ0n) is 12.4. The summed E-state index contributed by atoms with van der Waals surface area (Å²) >= 11 is 0. The molecule has 2 aromatic rings. The fourth-order valence-electron chi connectivity index (χ4n) is 3.17. The fraction of sp³-hybridized carbons (Fsp3) is 0.500. The summed E-state index contributed by atoms with van der Waals surface area (Å²) in [5.74, 6) is 1.41. The van der Waals surface area contributed by atoms with Crippen molar-refractivity contribution in [2.45, 2.75) is 49.7 Å². The number of alkyl halides is 2. The van der Waals surface area contributed by atoms with Gasteiger partial charge in [0.15, 0.2) is 5.82 Å². The molecule has 1 heterocycles. The summed E-state index contributed by atoms with van der Waals surface area (Å²) in [6.45, 7) is -2.83. The molecule has 2 unspecified atom stereocenters. The van der Waals surface area contributed by atoms with E-state index in [1.165, 1.54) is 0 Å². The zero-order chi connectivity index (χ0) is 16.0. The van der Waals surface area contributed by atoms with Gasteiger partial charge in [-0.05, 0) is 43.2 Å². The number of para-hydroxylation sites is 1. The Morgan fingerprint density at radius 3 is 2.74 bits per heavy atom. The van der Waals surface area contributed by atoms with Crippen LogP contribution in [0.15, 0.2) is 28.8 Å². The van der Waals surface area contributed by atoms with E-state index in [9.17, 15) is 8.78 Å². The molecule has 2 aliphatic rings. The van der Waals surface area contributed by atoms with Crippen LogP contribution in [0.1, 0.15) is 54.8 Å². The van der Waals surface area contributed by atoms with Gasteiger partial charge in [0.25, 0.3) is 0 Å².